The van der Waals surface area contributed by atoms with E-state index in [0.717, 1.165) is 18.4 Å². The van der Waals surface area contributed by atoms with Crippen LogP contribution >= 0.6 is 0 Å². The fourth-order valence-corrected chi connectivity index (χ4v) is 1.54. The van der Waals surface area contributed by atoms with Gasteiger partial charge in [0.25, 0.3) is 0 Å². The minimum atomic E-state index is 0.734. The van der Waals surface area contributed by atoms with Crippen LogP contribution in [0, 0.1) is 0 Å². The maximum Gasteiger partial charge on any atom is 0.233 e. The minimum absolute atomic E-state index is 0.734. The fraction of sp³-hybridized carbons (Fsp3) is 0.400. The van der Waals surface area contributed by atoms with Crippen LogP contribution in [0.1, 0.15) is 18.5 Å². The second-order valence-corrected chi connectivity index (χ2v) is 3.69. The van der Waals surface area contributed by atoms with E-state index >= 15 is 0 Å². The molecular formula is C10H12N4. The first kappa shape index (κ1) is 7.94. The Bertz CT molecular complexity index is 444. The van der Waals surface area contributed by atoms with Gasteiger partial charge in [-0.2, -0.15) is 0 Å². The molecule has 1 saturated carbocycles. The van der Waals surface area contributed by atoms with E-state index in [1.165, 1.54) is 18.5 Å². The summed E-state index contributed by atoms with van der Waals surface area (Å²) in [4.78, 5) is 8.40. The van der Waals surface area contributed by atoms with Gasteiger partial charge in [0.05, 0.1) is 11.9 Å². The van der Waals surface area contributed by atoms with Crippen molar-refractivity contribution in [1.29, 1.82) is 0 Å². The summed E-state index contributed by atoms with van der Waals surface area (Å²) in [5.74, 6) is 0.778. The van der Waals surface area contributed by atoms with Crippen LogP contribution in [0.25, 0.3) is 5.78 Å². The van der Waals surface area contributed by atoms with E-state index in [4.69, 9.17) is 0 Å². The lowest BCUT2D eigenvalue weighted by atomic mass is 10.4. The molecule has 0 aromatic carbocycles. The van der Waals surface area contributed by atoms with Crippen molar-refractivity contribution in [3.8, 4) is 0 Å². The van der Waals surface area contributed by atoms with Crippen LogP contribution in [0.5, 0.6) is 0 Å². The highest BCUT2D eigenvalue weighted by Crippen LogP contribution is 2.19. The maximum atomic E-state index is 4.23. The molecule has 1 aliphatic rings. The minimum Gasteiger partial charge on any atom is -0.308 e. The molecule has 1 aliphatic carbocycles. The van der Waals surface area contributed by atoms with E-state index in [1.54, 1.807) is 6.20 Å². The lowest BCUT2D eigenvalue weighted by Crippen LogP contribution is -2.16. The van der Waals surface area contributed by atoms with Gasteiger partial charge in [0, 0.05) is 25.0 Å². The van der Waals surface area contributed by atoms with Gasteiger partial charge in [0.15, 0.2) is 0 Å². The van der Waals surface area contributed by atoms with Crippen LogP contribution in [-0.4, -0.2) is 20.4 Å². The third kappa shape index (κ3) is 1.37. The highest BCUT2D eigenvalue weighted by atomic mass is 15.1. The molecule has 72 valence electrons. The van der Waals surface area contributed by atoms with Crippen molar-refractivity contribution < 1.29 is 0 Å². The molecule has 0 bridgehead atoms. The average Bonchev–Trinajstić information content (AvgIpc) is 2.96. The smallest absolute Gasteiger partial charge is 0.233 e. The molecule has 0 saturated heterocycles. The average molecular weight is 188 g/mol. The van der Waals surface area contributed by atoms with Crippen molar-refractivity contribution in [1.82, 2.24) is 19.7 Å². The van der Waals surface area contributed by atoms with E-state index in [1.807, 2.05) is 22.9 Å². The first-order chi connectivity index (χ1) is 6.93. The van der Waals surface area contributed by atoms with Crippen LogP contribution in [0.4, 0.5) is 0 Å². The van der Waals surface area contributed by atoms with Gasteiger partial charge in [-0.15, -0.1) is 0 Å². The van der Waals surface area contributed by atoms with Crippen LogP contribution in [-0.2, 0) is 6.54 Å². The zero-order valence-electron chi connectivity index (χ0n) is 7.85. The topological polar surface area (TPSA) is 42.2 Å². The van der Waals surface area contributed by atoms with Crippen molar-refractivity contribution in [2.24, 2.45) is 0 Å². The molecule has 0 atom stereocenters. The third-order valence-electron chi connectivity index (χ3n) is 2.51. The number of aromatic nitrogens is 3. The first-order valence-electron chi connectivity index (χ1n) is 4.94. The lowest BCUT2D eigenvalue weighted by Gasteiger charge is -2.01. The monoisotopic (exact) mass is 188 g/mol. The summed E-state index contributed by atoms with van der Waals surface area (Å²) in [6, 6.07) is 2.66. The number of imidazole rings is 1. The summed E-state index contributed by atoms with van der Waals surface area (Å²) < 4.78 is 2.02. The Morgan fingerprint density at radius 1 is 1.43 bits per heavy atom. The molecule has 0 spiro atoms. The van der Waals surface area contributed by atoms with Crippen molar-refractivity contribution in [3.05, 3.63) is 30.4 Å². The number of nitrogens with one attached hydrogen (secondary N) is 1. The Morgan fingerprint density at radius 3 is 3.21 bits per heavy atom. The summed E-state index contributed by atoms with van der Waals surface area (Å²) in [5, 5.41) is 3.46. The predicted octanol–water partition coefficient (Wildman–Crippen LogP) is 0.981. The van der Waals surface area contributed by atoms with Gasteiger partial charge in [-0.3, -0.25) is 4.40 Å². The van der Waals surface area contributed by atoms with E-state index in [2.05, 4.69) is 15.3 Å². The van der Waals surface area contributed by atoms with E-state index < -0.39 is 0 Å². The largest absolute Gasteiger partial charge is 0.308 e. The molecule has 1 fully saturated rings. The Kier molecular flexibility index (Phi) is 1.73. The molecule has 3 rings (SSSR count). The SMILES string of the molecule is c1cnc2ncc(CNC3CC3)n2c1. The second-order valence-electron chi connectivity index (χ2n) is 3.69. The molecular weight excluding hydrogens is 176 g/mol. The first-order valence-corrected chi connectivity index (χ1v) is 4.94. The Morgan fingerprint density at radius 2 is 2.36 bits per heavy atom. The molecule has 4 heteroatoms. The lowest BCUT2D eigenvalue weighted by molar-refractivity contribution is 0.670. The molecule has 0 aliphatic heterocycles. The fourth-order valence-electron chi connectivity index (χ4n) is 1.54. The zero-order valence-corrected chi connectivity index (χ0v) is 7.85. The zero-order chi connectivity index (χ0) is 9.38. The van der Waals surface area contributed by atoms with Crippen molar-refractivity contribution >= 4 is 5.78 Å². The summed E-state index contributed by atoms with van der Waals surface area (Å²) in [6.07, 6.45) is 8.28. The number of nitrogens with zero attached hydrogens (tertiary/aromatic N) is 3. The molecule has 4 nitrogen and oxygen atoms in total. The number of fused-ring (bicyclic) bond motifs is 1. The van der Waals surface area contributed by atoms with E-state index in [9.17, 15) is 0 Å². The van der Waals surface area contributed by atoms with Gasteiger partial charge < -0.3 is 5.32 Å². The predicted molar refractivity (Wildman–Crippen MR) is 52.8 cm³/mol. The molecule has 14 heavy (non-hydrogen) atoms. The highest BCUT2D eigenvalue weighted by molar-refractivity contribution is 5.30. The van der Waals surface area contributed by atoms with Crippen molar-refractivity contribution in [3.63, 3.8) is 0 Å². The summed E-state index contributed by atoms with van der Waals surface area (Å²) in [6.45, 7) is 0.886. The molecule has 0 unspecified atom stereocenters. The highest BCUT2D eigenvalue weighted by Gasteiger charge is 2.20. The molecule has 1 N–H and O–H groups in total. The quantitative estimate of drug-likeness (QED) is 0.780. The van der Waals surface area contributed by atoms with Gasteiger partial charge in [-0.05, 0) is 18.9 Å². The summed E-state index contributed by atoms with van der Waals surface area (Å²) >= 11 is 0. The van der Waals surface area contributed by atoms with Crippen LogP contribution in [0.15, 0.2) is 24.7 Å². The van der Waals surface area contributed by atoms with Crippen molar-refractivity contribution in [2.75, 3.05) is 0 Å². The van der Waals surface area contributed by atoms with Crippen LogP contribution in [0.2, 0.25) is 0 Å². The van der Waals surface area contributed by atoms with Gasteiger partial charge in [0.1, 0.15) is 0 Å². The maximum absolute atomic E-state index is 4.23. The van der Waals surface area contributed by atoms with Crippen LogP contribution < -0.4 is 5.32 Å². The molecule has 2 heterocycles. The Hall–Kier alpha value is -1.42. The molecule has 2 aromatic rings. The van der Waals surface area contributed by atoms with E-state index in [-0.39, 0.29) is 0 Å². The van der Waals surface area contributed by atoms with Gasteiger partial charge in [0.2, 0.25) is 5.78 Å². The van der Waals surface area contributed by atoms with Crippen LogP contribution in [0.3, 0.4) is 0 Å². The standard InChI is InChI=1S/C10H12N4/c1-4-11-10-13-7-9(14(10)5-1)6-12-8-2-3-8/h1,4-5,7-8,12H,2-3,6H2. The third-order valence-corrected chi connectivity index (χ3v) is 2.51. The van der Waals surface area contributed by atoms with Crippen molar-refractivity contribution in [2.45, 2.75) is 25.4 Å². The summed E-state index contributed by atoms with van der Waals surface area (Å²) in [5.41, 5.74) is 1.18. The Balaban J connectivity index is 1.87. The van der Waals surface area contributed by atoms with E-state index in [0.29, 0.717) is 0 Å². The molecule has 2 aromatic heterocycles. The second kappa shape index (κ2) is 3.06. The molecule has 0 amide bonds. The number of hydrogen-bond donors (Lipinski definition) is 1. The van der Waals surface area contributed by atoms with Gasteiger partial charge in [-0.25, -0.2) is 9.97 Å². The number of rotatable bonds is 3. The van der Waals surface area contributed by atoms with Gasteiger partial charge in [-0.1, -0.05) is 0 Å². The van der Waals surface area contributed by atoms with Gasteiger partial charge >= 0.3 is 0 Å². The normalized spacial score (nSPS) is 16.3. The Labute approximate surface area is 82.0 Å². The molecule has 0 radical (unpaired) electrons. The summed E-state index contributed by atoms with van der Waals surface area (Å²) in [7, 11) is 0. The number of hydrogen-bond acceptors (Lipinski definition) is 3.